The van der Waals surface area contributed by atoms with Crippen LogP contribution in [0.4, 0.5) is 0 Å². The average Bonchev–Trinajstić information content (AvgIpc) is 2.55. The Morgan fingerprint density at radius 3 is 2.79 bits per heavy atom. The monoisotopic (exact) mass is 196 g/mol. The van der Waals surface area contributed by atoms with Crippen molar-refractivity contribution in [2.24, 2.45) is 5.73 Å². The molecule has 0 aliphatic rings. The van der Waals surface area contributed by atoms with Crippen LogP contribution in [0, 0.1) is 0 Å². The van der Waals surface area contributed by atoms with E-state index in [9.17, 15) is 0 Å². The van der Waals surface area contributed by atoms with Gasteiger partial charge in [0.15, 0.2) is 0 Å². The van der Waals surface area contributed by atoms with E-state index >= 15 is 0 Å². The molecule has 0 fully saturated rings. The molecule has 2 N–H and O–H groups in total. The Hall–Kier alpha value is -0.800. The van der Waals surface area contributed by atoms with Gasteiger partial charge in [-0.1, -0.05) is 6.92 Å². The summed E-state index contributed by atoms with van der Waals surface area (Å²) >= 11 is 0. The number of furan rings is 1. The first kappa shape index (κ1) is 11.3. The van der Waals surface area contributed by atoms with E-state index < -0.39 is 0 Å². The maximum Gasteiger partial charge on any atom is 0.117 e. The van der Waals surface area contributed by atoms with Crippen molar-refractivity contribution < 1.29 is 4.42 Å². The maximum atomic E-state index is 6.07. The summed E-state index contributed by atoms with van der Waals surface area (Å²) < 4.78 is 5.27. The van der Waals surface area contributed by atoms with Crippen LogP contribution in [0.1, 0.15) is 26.0 Å². The molecule has 80 valence electrons. The van der Waals surface area contributed by atoms with Crippen molar-refractivity contribution in [1.82, 2.24) is 4.90 Å². The fraction of sp³-hybridized carbons (Fsp3) is 0.636. The second-order valence-corrected chi connectivity index (χ2v) is 4.26. The average molecular weight is 196 g/mol. The van der Waals surface area contributed by atoms with Crippen LogP contribution in [0.5, 0.6) is 0 Å². The smallest absolute Gasteiger partial charge is 0.117 e. The highest BCUT2D eigenvalue weighted by Crippen LogP contribution is 2.09. The predicted octanol–water partition coefficient (Wildman–Crippen LogP) is 1.84. The zero-order valence-electron chi connectivity index (χ0n) is 9.29. The second kappa shape index (κ2) is 4.62. The van der Waals surface area contributed by atoms with Gasteiger partial charge < -0.3 is 10.2 Å². The first-order valence-corrected chi connectivity index (χ1v) is 5.03. The number of rotatable bonds is 5. The molecule has 0 bridgehead atoms. The summed E-state index contributed by atoms with van der Waals surface area (Å²) in [5.41, 5.74) is 5.96. The molecular weight excluding hydrogens is 176 g/mol. The van der Waals surface area contributed by atoms with Crippen molar-refractivity contribution in [3.05, 3.63) is 24.2 Å². The van der Waals surface area contributed by atoms with Gasteiger partial charge in [-0.15, -0.1) is 0 Å². The molecule has 1 unspecified atom stereocenters. The molecule has 1 atom stereocenters. The summed E-state index contributed by atoms with van der Waals surface area (Å²) in [6, 6.07) is 3.89. The van der Waals surface area contributed by atoms with E-state index in [0.717, 1.165) is 25.3 Å². The van der Waals surface area contributed by atoms with Crippen LogP contribution in [0.2, 0.25) is 0 Å². The largest absolute Gasteiger partial charge is 0.468 e. The molecule has 3 heteroatoms. The Balaban J connectivity index is 2.40. The molecular formula is C11H20N2O. The molecule has 0 saturated heterocycles. The lowest BCUT2D eigenvalue weighted by atomic mass is 10.0. The Morgan fingerprint density at radius 2 is 2.29 bits per heavy atom. The molecule has 0 aliphatic heterocycles. The minimum absolute atomic E-state index is 0.110. The van der Waals surface area contributed by atoms with E-state index in [1.807, 2.05) is 12.1 Å². The van der Waals surface area contributed by atoms with Gasteiger partial charge in [0.1, 0.15) is 5.76 Å². The minimum atomic E-state index is -0.110. The standard InChI is InChI=1S/C11H20N2O/c1-4-11(2,12)9-13(3)8-10-6-5-7-14-10/h5-7H,4,8-9,12H2,1-3H3. The van der Waals surface area contributed by atoms with Crippen molar-refractivity contribution in [1.29, 1.82) is 0 Å². The van der Waals surface area contributed by atoms with Crippen molar-refractivity contribution in [3.63, 3.8) is 0 Å². The molecule has 1 aromatic rings. The minimum Gasteiger partial charge on any atom is -0.468 e. The van der Waals surface area contributed by atoms with E-state index in [-0.39, 0.29) is 5.54 Å². The van der Waals surface area contributed by atoms with Gasteiger partial charge in [-0.2, -0.15) is 0 Å². The van der Waals surface area contributed by atoms with Gasteiger partial charge in [0.05, 0.1) is 12.8 Å². The summed E-state index contributed by atoms with van der Waals surface area (Å²) in [6.07, 6.45) is 2.68. The Kier molecular flexibility index (Phi) is 3.72. The lowest BCUT2D eigenvalue weighted by molar-refractivity contribution is 0.231. The Bertz CT molecular complexity index is 254. The molecule has 0 aromatic carbocycles. The van der Waals surface area contributed by atoms with E-state index in [4.69, 9.17) is 10.2 Å². The Labute approximate surface area is 85.9 Å². The van der Waals surface area contributed by atoms with Crippen molar-refractivity contribution in [2.45, 2.75) is 32.4 Å². The molecule has 0 amide bonds. The van der Waals surface area contributed by atoms with Crippen molar-refractivity contribution in [3.8, 4) is 0 Å². The highest BCUT2D eigenvalue weighted by Gasteiger charge is 2.18. The zero-order valence-corrected chi connectivity index (χ0v) is 9.29. The summed E-state index contributed by atoms with van der Waals surface area (Å²) in [5.74, 6) is 0.986. The topological polar surface area (TPSA) is 42.4 Å². The molecule has 14 heavy (non-hydrogen) atoms. The normalized spacial score (nSPS) is 15.8. The first-order chi connectivity index (χ1) is 6.53. The third-order valence-corrected chi connectivity index (χ3v) is 2.44. The van der Waals surface area contributed by atoms with Crippen LogP contribution < -0.4 is 5.73 Å². The number of nitrogens with two attached hydrogens (primary N) is 1. The fourth-order valence-electron chi connectivity index (χ4n) is 1.45. The van der Waals surface area contributed by atoms with Gasteiger partial charge in [-0.05, 0) is 32.5 Å². The lowest BCUT2D eigenvalue weighted by Crippen LogP contribution is -2.45. The highest BCUT2D eigenvalue weighted by atomic mass is 16.3. The number of nitrogens with zero attached hydrogens (tertiary/aromatic N) is 1. The first-order valence-electron chi connectivity index (χ1n) is 5.03. The van der Waals surface area contributed by atoms with Gasteiger partial charge >= 0.3 is 0 Å². The molecule has 1 aromatic heterocycles. The number of hydrogen-bond donors (Lipinski definition) is 1. The van der Waals surface area contributed by atoms with Gasteiger partial charge in [-0.3, -0.25) is 4.90 Å². The molecule has 1 heterocycles. The van der Waals surface area contributed by atoms with E-state index in [1.54, 1.807) is 6.26 Å². The van der Waals surface area contributed by atoms with Gasteiger partial charge in [-0.25, -0.2) is 0 Å². The van der Waals surface area contributed by atoms with Crippen molar-refractivity contribution >= 4 is 0 Å². The number of hydrogen-bond acceptors (Lipinski definition) is 3. The molecule has 0 radical (unpaired) electrons. The van der Waals surface area contributed by atoms with Crippen LogP contribution in [0.25, 0.3) is 0 Å². The van der Waals surface area contributed by atoms with E-state index in [2.05, 4.69) is 25.8 Å². The zero-order chi connectivity index (χ0) is 10.6. The summed E-state index contributed by atoms with van der Waals surface area (Å²) in [7, 11) is 2.06. The van der Waals surface area contributed by atoms with Crippen LogP contribution >= 0.6 is 0 Å². The SMILES string of the molecule is CCC(C)(N)CN(C)Cc1ccco1. The molecule has 0 aliphatic carbocycles. The van der Waals surface area contributed by atoms with Gasteiger partial charge in [0.2, 0.25) is 0 Å². The second-order valence-electron chi connectivity index (χ2n) is 4.26. The van der Waals surface area contributed by atoms with Gasteiger partial charge in [0.25, 0.3) is 0 Å². The quantitative estimate of drug-likeness (QED) is 0.781. The van der Waals surface area contributed by atoms with Crippen LogP contribution in [-0.4, -0.2) is 24.0 Å². The molecule has 1 rings (SSSR count). The lowest BCUT2D eigenvalue weighted by Gasteiger charge is -2.28. The van der Waals surface area contributed by atoms with Crippen molar-refractivity contribution in [2.75, 3.05) is 13.6 Å². The van der Waals surface area contributed by atoms with Gasteiger partial charge in [0, 0.05) is 12.1 Å². The molecule has 0 spiro atoms. The van der Waals surface area contributed by atoms with Crippen LogP contribution in [0.15, 0.2) is 22.8 Å². The van der Waals surface area contributed by atoms with E-state index in [1.165, 1.54) is 0 Å². The summed E-state index contributed by atoms with van der Waals surface area (Å²) in [4.78, 5) is 2.18. The molecule has 3 nitrogen and oxygen atoms in total. The summed E-state index contributed by atoms with van der Waals surface area (Å²) in [6.45, 7) is 5.89. The molecule has 0 saturated carbocycles. The number of likely N-dealkylation sites (N-methyl/N-ethyl adjacent to an activating group) is 1. The summed E-state index contributed by atoms with van der Waals surface area (Å²) in [5, 5.41) is 0. The van der Waals surface area contributed by atoms with Crippen LogP contribution in [-0.2, 0) is 6.54 Å². The third kappa shape index (κ3) is 3.52. The fourth-order valence-corrected chi connectivity index (χ4v) is 1.45. The Morgan fingerprint density at radius 1 is 1.57 bits per heavy atom. The van der Waals surface area contributed by atoms with E-state index in [0.29, 0.717) is 0 Å². The highest BCUT2D eigenvalue weighted by molar-refractivity contribution is 4.98. The third-order valence-electron chi connectivity index (χ3n) is 2.44. The predicted molar refractivity (Wildman–Crippen MR) is 57.9 cm³/mol. The maximum absolute atomic E-state index is 6.07. The van der Waals surface area contributed by atoms with Crippen LogP contribution in [0.3, 0.4) is 0 Å².